The van der Waals surface area contributed by atoms with Crippen LogP contribution in [0.25, 0.3) is 0 Å². The second kappa shape index (κ2) is 6.88. The van der Waals surface area contributed by atoms with Crippen molar-refractivity contribution in [1.29, 1.82) is 0 Å². The molecular formula is C17H28N2. The van der Waals surface area contributed by atoms with E-state index < -0.39 is 0 Å². The Morgan fingerprint density at radius 2 is 1.53 bits per heavy atom. The molecule has 106 valence electrons. The van der Waals surface area contributed by atoms with Crippen molar-refractivity contribution in [3.63, 3.8) is 0 Å². The van der Waals surface area contributed by atoms with Crippen LogP contribution in [0, 0.1) is 0 Å². The molecule has 0 bridgehead atoms. The van der Waals surface area contributed by atoms with Crippen LogP contribution in [0.5, 0.6) is 0 Å². The fourth-order valence-electron chi connectivity index (χ4n) is 3.54. The summed E-state index contributed by atoms with van der Waals surface area (Å²) < 4.78 is 0. The summed E-state index contributed by atoms with van der Waals surface area (Å²) in [5.74, 6) is 0. The van der Waals surface area contributed by atoms with Gasteiger partial charge in [0.05, 0.1) is 0 Å². The van der Waals surface area contributed by atoms with E-state index in [2.05, 4.69) is 31.2 Å². The molecule has 1 saturated heterocycles. The minimum absolute atomic E-state index is 0.114. The summed E-state index contributed by atoms with van der Waals surface area (Å²) in [6.45, 7) is 17.6. The summed E-state index contributed by atoms with van der Waals surface area (Å²) in [5.41, 5.74) is 6.42. The predicted octanol–water partition coefficient (Wildman–Crippen LogP) is 3.43. The Morgan fingerprint density at radius 1 is 0.947 bits per heavy atom. The molecule has 1 fully saturated rings. The van der Waals surface area contributed by atoms with Crippen molar-refractivity contribution >= 4 is 0 Å². The van der Waals surface area contributed by atoms with E-state index in [0.29, 0.717) is 0 Å². The summed E-state index contributed by atoms with van der Waals surface area (Å²) in [6.07, 6.45) is 12.6. The molecule has 0 saturated carbocycles. The number of hydrogen-bond acceptors (Lipinski definition) is 2. The zero-order chi connectivity index (χ0) is 14.4. The van der Waals surface area contributed by atoms with Crippen molar-refractivity contribution in [3.05, 3.63) is 50.6 Å². The lowest BCUT2D eigenvalue weighted by Crippen LogP contribution is -2.71. The van der Waals surface area contributed by atoms with Crippen LogP contribution in [-0.4, -0.2) is 29.1 Å². The molecule has 0 aromatic carbocycles. The molecular weight excluding hydrogens is 232 g/mol. The number of nitrogens with zero attached hydrogens (tertiary/aromatic N) is 1. The van der Waals surface area contributed by atoms with Gasteiger partial charge in [0.2, 0.25) is 0 Å². The van der Waals surface area contributed by atoms with Crippen molar-refractivity contribution in [3.8, 4) is 0 Å². The maximum atomic E-state index is 6.80. The normalized spacial score (nSPS) is 26.6. The largest absolute Gasteiger partial charge is 0.323 e. The van der Waals surface area contributed by atoms with Crippen LogP contribution in [0.2, 0.25) is 0 Å². The van der Waals surface area contributed by atoms with Crippen LogP contribution < -0.4 is 5.73 Å². The number of nitrogens with two attached hydrogens (primary N) is 1. The van der Waals surface area contributed by atoms with E-state index in [1.54, 1.807) is 0 Å². The summed E-state index contributed by atoms with van der Waals surface area (Å²) in [7, 11) is 0. The first-order valence-electron chi connectivity index (χ1n) is 7.07. The smallest absolute Gasteiger partial charge is 0.0463 e. The molecule has 0 aliphatic carbocycles. The summed E-state index contributed by atoms with van der Waals surface area (Å²) in [5, 5.41) is 0. The molecule has 0 amide bonds. The summed E-state index contributed by atoms with van der Waals surface area (Å²) in [6, 6.07) is 0. The average Bonchev–Trinajstić information content (AvgIpc) is 2.36. The molecule has 0 aromatic rings. The number of hydrogen-bond donors (Lipinski definition) is 1. The van der Waals surface area contributed by atoms with Gasteiger partial charge < -0.3 is 5.73 Å². The second-order valence-electron chi connectivity index (χ2n) is 5.50. The van der Waals surface area contributed by atoms with E-state index in [4.69, 9.17) is 5.73 Å². The number of piperidine rings is 1. The highest BCUT2D eigenvalue weighted by atomic mass is 15.2. The van der Waals surface area contributed by atoms with Crippen molar-refractivity contribution < 1.29 is 0 Å². The molecule has 1 atom stereocenters. The zero-order valence-corrected chi connectivity index (χ0v) is 12.1. The SMILES string of the molecule is C=CCN1CCCC(N)(CC=C)C1(CC=C)CC=C. The van der Waals surface area contributed by atoms with Crippen LogP contribution in [-0.2, 0) is 0 Å². The third kappa shape index (κ3) is 2.90. The molecule has 1 rings (SSSR count). The topological polar surface area (TPSA) is 29.3 Å². The number of rotatable bonds is 8. The van der Waals surface area contributed by atoms with E-state index in [0.717, 1.165) is 45.2 Å². The third-order valence-electron chi connectivity index (χ3n) is 4.41. The van der Waals surface area contributed by atoms with E-state index in [1.807, 2.05) is 24.3 Å². The molecule has 2 N–H and O–H groups in total. The van der Waals surface area contributed by atoms with Gasteiger partial charge in [-0.05, 0) is 38.6 Å². The van der Waals surface area contributed by atoms with Gasteiger partial charge in [0.15, 0.2) is 0 Å². The Kier molecular flexibility index (Phi) is 5.77. The van der Waals surface area contributed by atoms with Gasteiger partial charge in [-0.25, -0.2) is 0 Å². The highest BCUT2D eigenvalue weighted by molar-refractivity contribution is 5.18. The maximum Gasteiger partial charge on any atom is 0.0463 e. The third-order valence-corrected chi connectivity index (χ3v) is 4.41. The monoisotopic (exact) mass is 260 g/mol. The maximum absolute atomic E-state index is 6.80. The molecule has 2 heteroatoms. The lowest BCUT2D eigenvalue weighted by molar-refractivity contribution is -0.0126. The minimum Gasteiger partial charge on any atom is -0.323 e. The molecule has 1 unspecified atom stereocenters. The minimum atomic E-state index is -0.265. The molecule has 1 aliphatic heterocycles. The highest BCUT2D eigenvalue weighted by Crippen LogP contribution is 2.43. The first-order chi connectivity index (χ1) is 9.10. The summed E-state index contributed by atoms with van der Waals surface area (Å²) >= 11 is 0. The molecule has 19 heavy (non-hydrogen) atoms. The van der Waals surface area contributed by atoms with Crippen LogP contribution in [0.3, 0.4) is 0 Å². The van der Waals surface area contributed by atoms with Gasteiger partial charge in [0.25, 0.3) is 0 Å². The Balaban J connectivity index is 3.24. The molecule has 2 nitrogen and oxygen atoms in total. The zero-order valence-electron chi connectivity index (χ0n) is 12.1. The molecule has 1 aliphatic rings. The van der Waals surface area contributed by atoms with Crippen LogP contribution >= 0.6 is 0 Å². The first kappa shape index (κ1) is 15.9. The highest BCUT2D eigenvalue weighted by Gasteiger charge is 2.51. The Morgan fingerprint density at radius 3 is 2.00 bits per heavy atom. The lowest BCUT2D eigenvalue weighted by atomic mass is 9.65. The van der Waals surface area contributed by atoms with Gasteiger partial charge in [0, 0.05) is 17.6 Å². The fourth-order valence-corrected chi connectivity index (χ4v) is 3.54. The second-order valence-corrected chi connectivity index (χ2v) is 5.50. The van der Waals surface area contributed by atoms with Crippen molar-refractivity contribution in [2.24, 2.45) is 5.73 Å². The molecule has 0 spiro atoms. The van der Waals surface area contributed by atoms with Crippen LogP contribution in [0.1, 0.15) is 32.1 Å². The van der Waals surface area contributed by atoms with E-state index >= 15 is 0 Å². The van der Waals surface area contributed by atoms with Gasteiger partial charge in [0.1, 0.15) is 0 Å². The first-order valence-corrected chi connectivity index (χ1v) is 7.07. The van der Waals surface area contributed by atoms with E-state index in [9.17, 15) is 0 Å². The van der Waals surface area contributed by atoms with Crippen molar-refractivity contribution in [1.82, 2.24) is 4.90 Å². The van der Waals surface area contributed by atoms with Gasteiger partial charge in [-0.15, -0.1) is 26.3 Å². The van der Waals surface area contributed by atoms with Crippen molar-refractivity contribution in [2.45, 2.75) is 43.2 Å². The average molecular weight is 260 g/mol. The molecule has 0 radical (unpaired) electrons. The van der Waals surface area contributed by atoms with Crippen molar-refractivity contribution in [2.75, 3.05) is 13.1 Å². The summed E-state index contributed by atoms with van der Waals surface area (Å²) in [4.78, 5) is 2.45. The molecule has 0 aromatic heterocycles. The van der Waals surface area contributed by atoms with E-state index in [-0.39, 0.29) is 11.1 Å². The Hall–Kier alpha value is -1.12. The van der Waals surface area contributed by atoms with Gasteiger partial charge in [-0.1, -0.05) is 24.3 Å². The number of likely N-dealkylation sites (tertiary alicyclic amines) is 1. The fraction of sp³-hybridized carbons (Fsp3) is 0.529. The predicted molar refractivity (Wildman–Crippen MR) is 85.1 cm³/mol. The van der Waals surface area contributed by atoms with Crippen LogP contribution in [0.4, 0.5) is 0 Å². The van der Waals surface area contributed by atoms with Gasteiger partial charge in [-0.3, -0.25) is 4.90 Å². The van der Waals surface area contributed by atoms with Gasteiger partial charge in [-0.2, -0.15) is 0 Å². The van der Waals surface area contributed by atoms with Crippen LogP contribution in [0.15, 0.2) is 50.6 Å². The van der Waals surface area contributed by atoms with Gasteiger partial charge >= 0.3 is 0 Å². The standard InChI is InChI=1S/C17H28N2/c1-5-10-16(18)13-9-15-19(14-8-4)17(16,11-6-2)12-7-3/h5-8H,1-4,9-15,18H2. The Bertz CT molecular complexity index is 335. The quantitative estimate of drug-likeness (QED) is 0.677. The Labute approximate surface area is 118 Å². The molecule has 1 heterocycles. The lowest BCUT2D eigenvalue weighted by Gasteiger charge is -2.57. The van der Waals surface area contributed by atoms with E-state index in [1.165, 1.54) is 0 Å².